The van der Waals surface area contributed by atoms with Gasteiger partial charge in [-0.3, -0.25) is 4.79 Å². The molecular weight excluding hydrogens is 550 g/mol. The van der Waals surface area contributed by atoms with Crippen molar-refractivity contribution in [1.82, 2.24) is 14.5 Å². The molecule has 0 saturated carbocycles. The molecular formula is C29H34ClN5O4S. The number of hydrogen-bond donors (Lipinski definition) is 2. The van der Waals surface area contributed by atoms with Crippen LogP contribution in [0.15, 0.2) is 83.8 Å². The zero-order valence-corrected chi connectivity index (χ0v) is 24.2. The average molecular weight is 584 g/mol. The van der Waals surface area contributed by atoms with Gasteiger partial charge in [0, 0.05) is 55.2 Å². The van der Waals surface area contributed by atoms with E-state index in [9.17, 15) is 18.0 Å². The van der Waals surface area contributed by atoms with Crippen LogP contribution >= 0.6 is 11.6 Å². The number of hydrogen-bond acceptors (Lipinski definition) is 5. The van der Waals surface area contributed by atoms with Gasteiger partial charge in [-0.05, 0) is 67.9 Å². The topological polar surface area (TPSA) is 102 Å². The number of nitrogens with zero attached hydrogens (tertiary/aromatic N) is 3. The summed E-state index contributed by atoms with van der Waals surface area (Å²) in [5.41, 5.74) is 2.31. The van der Waals surface area contributed by atoms with Crippen LogP contribution in [0.2, 0.25) is 5.02 Å². The molecule has 0 aromatic heterocycles. The Morgan fingerprint density at radius 2 is 1.52 bits per heavy atom. The molecule has 212 valence electrons. The molecule has 4 rings (SSSR count). The van der Waals surface area contributed by atoms with Gasteiger partial charge >= 0.3 is 6.03 Å². The molecule has 0 aliphatic carbocycles. The Bertz CT molecular complexity index is 1390. The van der Waals surface area contributed by atoms with E-state index in [1.807, 2.05) is 61.2 Å². The normalized spacial score (nSPS) is 13.9. The third-order valence-electron chi connectivity index (χ3n) is 6.47. The van der Waals surface area contributed by atoms with Crippen molar-refractivity contribution < 1.29 is 18.0 Å². The number of benzene rings is 3. The zero-order valence-electron chi connectivity index (χ0n) is 22.6. The Morgan fingerprint density at radius 3 is 2.12 bits per heavy atom. The number of amides is 3. The number of carbonyl (C=O) groups excluding carboxylic acids is 2. The first-order valence-electron chi connectivity index (χ1n) is 13.1. The van der Waals surface area contributed by atoms with E-state index < -0.39 is 15.9 Å². The third kappa shape index (κ3) is 7.74. The summed E-state index contributed by atoms with van der Waals surface area (Å²) in [5, 5.41) is 6.16. The molecule has 0 bridgehead atoms. The smallest absolute Gasteiger partial charge is 0.317 e. The molecule has 1 saturated heterocycles. The lowest BCUT2D eigenvalue weighted by atomic mass is 10.2. The number of carbonyl (C=O) groups is 2. The molecule has 11 heteroatoms. The summed E-state index contributed by atoms with van der Waals surface area (Å²) in [7, 11) is -3.97. The van der Waals surface area contributed by atoms with E-state index >= 15 is 0 Å². The van der Waals surface area contributed by atoms with Gasteiger partial charge in [-0.1, -0.05) is 41.9 Å². The molecule has 1 heterocycles. The molecule has 40 heavy (non-hydrogen) atoms. The minimum absolute atomic E-state index is 0.0410. The highest BCUT2D eigenvalue weighted by atomic mass is 35.5. The van der Waals surface area contributed by atoms with E-state index in [1.54, 1.807) is 12.1 Å². The fourth-order valence-electron chi connectivity index (χ4n) is 4.39. The summed E-state index contributed by atoms with van der Waals surface area (Å²) in [4.78, 5) is 29.3. The molecule has 2 N–H and O–H groups in total. The van der Waals surface area contributed by atoms with Crippen LogP contribution in [0.5, 0.6) is 0 Å². The van der Waals surface area contributed by atoms with Gasteiger partial charge in [0.15, 0.2) is 0 Å². The summed E-state index contributed by atoms with van der Waals surface area (Å²) < 4.78 is 28.0. The molecule has 1 aliphatic rings. The fraction of sp³-hybridized carbons (Fsp3) is 0.310. The monoisotopic (exact) mass is 583 g/mol. The first-order valence-corrected chi connectivity index (χ1v) is 14.9. The second kappa shape index (κ2) is 13.2. The molecule has 0 spiro atoms. The van der Waals surface area contributed by atoms with Crippen LogP contribution in [0.4, 0.5) is 16.2 Å². The maximum absolute atomic E-state index is 13.4. The van der Waals surface area contributed by atoms with Crippen molar-refractivity contribution in [2.75, 3.05) is 42.9 Å². The van der Waals surface area contributed by atoms with Gasteiger partial charge in [0.2, 0.25) is 15.9 Å². The maximum atomic E-state index is 13.4. The van der Waals surface area contributed by atoms with Crippen molar-refractivity contribution in [3.05, 3.63) is 89.4 Å². The highest BCUT2D eigenvalue weighted by molar-refractivity contribution is 7.89. The van der Waals surface area contributed by atoms with Crippen LogP contribution in [0.3, 0.4) is 0 Å². The molecule has 0 atom stereocenters. The standard InChI is InChI=1S/C29H34ClN5O4S/c1-22(2)31-29(37)34-18-16-33(17-19-34)26-12-10-25(11-13-26)32-28(36)21-35(20-23-6-4-3-5-7-23)40(38,39)27-14-8-24(30)9-15-27/h3-15,22H,16-21H2,1-2H3,(H,31,37)(H,32,36). The Hall–Kier alpha value is -3.60. The van der Waals surface area contributed by atoms with Crippen LogP contribution in [-0.2, 0) is 21.4 Å². The molecule has 9 nitrogen and oxygen atoms in total. The van der Waals surface area contributed by atoms with Crippen LogP contribution in [0, 0.1) is 0 Å². The highest BCUT2D eigenvalue weighted by Gasteiger charge is 2.27. The lowest BCUT2D eigenvalue weighted by molar-refractivity contribution is -0.116. The largest absolute Gasteiger partial charge is 0.368 e. The Morgan fingerprint density at radius 1 is 0.900 bits per heavy atom. The van der Waals surface area contributed by atoms with Crippen LogP contribution < -0.4 is 15.5 Å². The number of halogens is 1. The van der Waals surface area contributed by atoms with Crippen LogP contribution in [-0.4, -0.2) is 68.3 Å². The third-order valence-corrected chi connectivity index (χ3v) is 8.53. The van der Waals surface area contributed by atoms with E-state index in [-0.39, 0.29) is 30.1 Å². The van der Waals surface area contributed by atoms with Crippen molar-refractivity contribution in [1.29, 1.82) is 0 Å². The van der Waals surface area contributed by atoms with E-state index in [2.05, 4.69) is 15.5 Å². The predicted octanol–water partition coefficient (Wildman–Crippen LogP) is 4.41. The quantitative estimate of drug-likeness (QED) is 0.388. The summed E-state index contributed by atoms with van der Waals surface area (Å²) >= 11 is 5.95. The average Bonchev–Trinajstić information content (AvgIpc) is 2.93. The van der Waals surface area contributed by atoms with Crippen molar-refractivity contribution in [3.8, 4) is 0 Å². The van der Waals surface area contributed by atoms with Crippen molar-refractivity contribution in [2.45, 2.75) is 31.3 Å². The predicted molar refractivity (Wildman–Crippen MR) is 158 cm³/mol. The summed E-state index contributed by atoms with van der Waals surface area (Å²) in [5.74, 6) is -0.453. The van der Waals surface area contributed by atoms with Gasteiger partial charge in [0.25, 0.3) is 0 Å². The molecule has 0 radical (unpaired) electrons. The maximum Gasteiger partial charge on any atom is 0.317 e. The summed E-state index contributed by atoms with van der Waals surface area (Å²) in [6.45, 7) is 6.21. The first-order chi connectivity index (χ1) is 19.1. The first kappa shape index (κ1) is 29.4. The van der Waals surface area contributed by atoms with Gasteiger partial charge in [-0.2, -0.15) is 4.31 Å². The van der Waals surface area contributed by atoms with Crippen molar-refractivity contribution in [2.24, 2.45) is 0 Å². The number of nitrogens with one attached hydrogen (secondary N) is 2. The van der Waals surface area contributed by atoms with Gasteiger partial charge in [0.1, 0.15) is 0 Å². The van der Waals surface area contributed by atoms with E-state index in [1.165, 1.54) is 24.3 Å². The Kier molecular flexibility index (Phi) is 9.67. The molecule has 1 aliphatic heterocycles. The van der Waals surface area contributed by atoms with E-state index in [4.69, 9.17) is 11.6 Å². The number of urea groups is 1. The summed E-state index contributed by atoms with van der Waals surface area (Å²) in [6.07, 6.45) is 0. The minimum Gasteiger partial charge on any atom is -0.368 e. The summed E-state index contributed by atoms with van der Waals surface area (Å²) in [6, 6.07) is 22.5. The fourth-order valence-corrected chi connectivity index (χ4v) is 5.90. The molecule has 3 aromatic carbocycles. The minimum atomic E-state index is -3.97. The van der Waals surface area contributed by atoms with Crippen LogP contribution in [0.1, 0.15) is 19.4 Å². The van der Waals surface area contributed by atoms with Crippen LogP contribution in [0.25, 0.3) is 0 Å². The van der Waals surface area contributed by atoms with Crippen molar-refractivity contribution in [3.63, 3.8) is 0 Å². The number of piperazine rings is 1. The van der Waals surface area contributed by atoms with Gasteiger partial charge in [-0.15, -0.1) is 0 Å². The number of anilines is 2. The molecule has 1 fully saturated rings. The van der Waals surface area contributed by atoms with E-state index in [0.29, 0.717) is 36.9 Å². The lowest BCUT2D eigenvalue weighted by Crippen LogP contribution is -2.52. The van der Waals surface area contributed by atoms with Gasteiger partial charge in [-0.25, -0.2) is 13.2 Å². The Balaban J connectivity index is 1.39. The van der Waals surface area contributed by atoms with Gasteiger partial charge in [0.05, 0.1) is 11.4 Å². The molecule has 0 unspecified atom stereocenters. The van der Waals surface area contributed by atoms with Crippen molar-refractivity contribution >= 4 is 44.9 Å². The Labute approximate surface area is 240 Å². The second-order valence-corrected chi connectivity index (χ2v) is 12.3. The SMILES string of the molecule is CC(C)NC(=O)N1CCN(c2ccc(NC(=O)CN(Cc3ccccc3)S(=O)(=O)c3ccc(Cl)cc3)cc2)CC1. The van der Waals surface area contributed by atoms with E-state index in [0.717, 1.165) is 15.6 Å². The van der Waals surface area contributed by atoms with Gasteiger partial charge < -0.3 is 20.4 Å². The zero-order chi connectivity index (χ0) is 28.7. The lowest BCUT2D eigenvalue weighted by Gasteiger charge is -2.36. The number of sulfonamides is 1. The molecule has 3 amide bonds. The highest BCUT2D eigenvalue weighted by Crippen LogP contribution is 2.22. The molecule has 3 aromatic rings. The second-order valence-electron chi connectivity index (χ2n) is 9.89. The number of rotatable bonds is 9.